The SMILES string of the molecule is Cc1ccc(S([OH+]S(=O)(=O)C(F)(F)F)(c2ccc(C)cc2)c2ccc(C)cc2)cc1. The number of hydrogen-bond acceptors (Lipinski definition) is 2. The molecule has 0 heterocycles. The van der Waals surface area contributed by atoms with E-state index in [0.717, 1.165) is 16.7 Å². The van der Waals surface area contributed by atoms with Crippen molar-refractivity contribution in [2.24, 2.45) is 0 Å². The summed E-state index contributed by atoms with van der Waals surface area (Å²) in [4.78, 5) is 1.23. The van der Waals surface area contributed by atoms with Gasteiger partial charge in [0.2, 0.25) is 0 Å². The lowest BCUT2D eigenvalue weighted by Gasteiger charge is -2.35. The lowest BCUT2D eigenvalue weighted by atomic mass is 10.2. The van der Waals surface area contributed by atoms with E-state index in [-0.39, 0.29) is 0 Å². The number of hydrogen-bond donors (Lipinski definition) is 0. The van der Waals surface area contributed by atoms with Gasteiger partial charge >= 0.3 is 15.6 Å². The second-order valence-corrected chi connectivity index (χ2v) is 11.6. The van der Waals surface area contributed by atoms with E-state index >= 15 is 0 Å². The number of halogens is 3. The van der Waals surface area contributed by atoms with E-state index in [4.69, 9.17) is 0 Å². The van der Waals surface area contributed by atoms with Crippen molar-refractivity contribution in [3.63, 3.8) is 0 Å². The van der Waals surface area contributed by atoms with Crippen LogP contribution in [-0.4, -0.2) is 17.6 Å². The largest absolute Gasteiger partial charge is 0.572 e. The summed E-state index contributed by atoms with van der Waals surface area (Å²) in [5.41, 5.74) is -2.79. The molecule has 30 heavy (non-hydrogen) atoms. The lowest BCUT2D eigenvalue weighted by Crippen LogP contribution is -2.30. The third-order valence-electron chi connectivity index (χ3n) is 4.59. The molecular formula is C22H22F3O3S2+. The van der Waals surface area contributed by atoms with Crippen molar-refractivity contribution in [3.05, 3.63) is 89.5 Å². The molecule has 3 rings (SSSR count). The molecule has 3 aromatic carbocycles. The van der Waals surface area contributed by atoms with Crippen LogP contribution >= 0.6 is 10.3 Å². The zero-order valence-corrected chi connectivity index (χ0v) is 18.3. The van der Waals surface area contributed by atoms with Crippen LogP contribution in [0.1, 0.15) is 16.7 Å². The number of aryl methyl sites for hydroxylation is 3. The van der Waals surface area contributed by atoms with E-state index in [1.165, 1.54) is 0 Å². The zero-order chi connectivity index (χ0) is 22.2. The van der Waals surface area contributed by atoms with Crippen molar-refractivity contribution in [1.82, 2.24) is 0 Å². The molecule has 0 aliphatic carbocycles. The Hall–Kier alpha value is -2.29. The van der Waals surface area contributed by atoms with Gasteiger partial charge in [0.1, 0.15) is 0 Å². The van der Waals surface area contributed by atoms with Crippen LogP contribution in [0, 0.1) is 20.8 Å². The molecule has 8 heteroatoms. The Bertz CT molecular complexity index is 1010. The summed E-state index contributed by atoms with van der Waals surface area (Å²) in [5, 5.41) is 0. The minimum Gasteiger partial charge on any atom is -0.255 e. The monoisotopic (exact) mass is 455 g/mol. The highest BCUT2D eigenvalue weighted by Crippen LogP contribution is 2.68. The van der Waals surface area contributed by atoms with Gasteiger partial charge in [-0.05, 0) is 57.2 Å². The van der Waals surface area contributed by atoms with E-state index in [2.05, 4.69) is 3.63 Å². The summed E-state index contributed by atoms with van der Waals surface area (Å²) in [6.45, 7) is 5.55. The average molecular weight is 456 g/mol. The highest BCUT2D eigenvalue weighted by Gasteiger charge is 2.57. The third-order valence-corrected chi connectivity index (χ3v) is 9.72. The van der Waals surface area contributed by atoms with E-state index in [1.807, 2.05) is 20.8 Å². The maximum Gasteiger partial charge on any atom is 0.572 e. The Labute approximate surface area is 176 Å². The topological polar surface area (TPSA) is 46.9 Å². The molecule has 0 aliphatic heterocycles. The normalized spacial score (nSPS) is 13.3. The Morgan fingerprint density at radius 1 is 0.600 bits per heavy atom. The predicted molar refractivity (Wildman–Crippen MR) is 114 cm³/mol. The molecule has 0 spiro atoms. The van der Waals surface area contributed by atoms with Gasteiger partial charge in [0.15, 0.2) is 0 Å². The molecule has 0 saturated carbocycles. The van der Waals surface area contributed by atoms with Crippen LogP contribution in [0.15, 0.2) is 87.5 Å². The fourth-order valence-corrected chi connectivity index (χ4v) is 7.89. The predicted octanol–water partition coefficient (Wildman–Crippen LogP) is 6.75. The molecule has 3 nitrogen and oxygen atoms in total. The van der Waals surface area contributed by atoms with Gasteiger partial charge in [-0.1, -0.05) is 53.1 Å². The highest BCUT2D eigenvalue weighted by atomic mass is 32.3. The van der Waals surface area contributed by atoms with Crippen LogP contribution in [0.2, 0.25) is 0 Å². The van der Waals surface area contributed by atoms with E-state index in [1.54, 1.807) is 72.8 Å². The first-order chi connectivity index (χ1) is 14.0. The van der Waals surface area contributed by atoms with Crippen molar-refractivity contribution >= 4 is 20.4 Å². The van der Waals surface area contributed by atoms with Crippen molar-refractivity contribution in [2.75, 3.05) is 0 Å². The molecule has 0 aromatic heterocycles. The van der Waals surface area contributed by atoms with Gasteiger partial charge in [0, 0.05) is 0 Å². The molecule has 0 aliphatic rings. The average Bonchev–Trinajstić information content (AvgIpc) is 2.67. The maximum atomic E-state index is 13.4. The molecule has 0 bridgehead atoms. The zero-order valence-electron chi connectivity index (χ0n) is 16.6. The smallest absolute Gasteiger partial charge is 0.255 e. The lowest BCUT2D eigenvalue weighted by molar-refractivity contribution is -0.0540. The van der Waals surface area contributed by atoms with Gasteiger partial charge in [-0.3, -0.25) is 3.63 Å². The minimum atomic E-state index is -5.77. The summed E-state index contributed by atoms with van der Waals surface area (Å²) in [6, 6.07) is 20.4. The van der Waals surface area contributed by atoms with E-state index in [9.17, 15) is 21.6 Å². The molecule has 0 unspecified atom stereocenters. The van der Waals surface area contributed by atoms with Gasteiger partial charge < -0.3 is 0 Å². The second kappa shape index (κ2) is 8.09. The van der Waals surface area contributed by atoms with Crippen LogP contribution in [-0.2, 0) is 10.1 Å². The standard InChI is InChI=1S/C22H21F3O3S2/c1-16-4-10-19(11-5-16)29(20-12-6-17(2)7-13-20,21-14-8-18(3)9-15-21)28-30(26,27)22(23,24)25/h4-15H,1-3H3/p+1. The summed E-state index contributed by atoms with van der Waals surface area (Å²) >= 11 is 0. The highest BCUT2D eigenvalue weighted by molar-refractivity contribution is 8.32. The summed E-state index contributed by atoms with van der Waals surface area (Å²) in [5.74, 6) is 0. The van der Waals surface area contributed by atoms with Gasteiger partial charge in [-0.15, -0.1) is 8.42 Å². The molecule has 0 fully saturated rings. The number of alkyl halides is 3. The first kappa shape index (κ1) is 22.4. The third kappa shape index (κ3) is 4.26. The minimum absolute atomic E-state index is 0.411. The molecule has 0 atom stereocenters. The van der Waals surface area contributed by atoms with Gasteiger partial charge in [-0.2, -0.15) is 13.2 Å². The first-order valence-corrected chi connectivity index (χ1v) is 12.1. The molecule has 160 valence electrons. The maximum absolute atomic E-state index is 13.4. The summed E-state index contributed by atoms with van der Waals surface area (Å²) in [6.07, 6.45) is 0. The molecule has 3 aromatic rings. The Morgan fingerprint density at radius 3 is 1.10 bits per heavy atom. The van der Waals surface area contributed by atoms with Crippen molar-refractivity contribution in [1.29, 1.82) is 0 Å². The quantitative estimate of drug-likeness (QED) is 0.243. The number of rotatable bonds is 5. The van der Waals surface area contributed by atoms with Crippen molar-refractivity contribution < 1.29 is 25.2 Å². The Morgan fingerprint density at radius 2 is 0.867 bits per heavy atom. The van der Waals surface area contributed by atoms with E-state index < -0.39 is 25.9 Å². The fourth-order valence-electron chi connectivity index (χ4n) is 2.93. The summed E-state index contributed by atoms with van der Waals surface area (Å²) < 4.78 is 68.6. The Balaban J connectivity index is 2.40. The van der Waals surface area contributed by atoms with Gasteiger partial charge in [0.05, 0.1) is 25.0 Å². The number of benzene rings is 3. The molecule has 0 amide bonds. The van der Waals surface area contributed by atoms with Gasteiger partial charge in [0.25, 0.3) is 0 Å². The van der Waals surface area contributed by atoms with Crippen molar-refractivity contribution in [3.8, 4) is 0 Å². The second-order valence-electron chi connectivity index (χ2n) is 7.01. The van der Waals surface area contributed by atoms with Crippen LogP contribution in [0.4, 0.5) is 13.2 Å². The van der Waals surface area contributed by atoms with E-state index in [0.29, 0.717) is 14.7 Å². The van der Waals surface area contributed by atoms with Crippen LogP contribution < -0.4 is 0 Å². The first-order valence-electron chi connectivity index (χ1n) is 9.05. The van der Waals surface area contributed by atoms with Crippen LogP contribution in [0.5, 0.6) is 0 Å². The van der Waals surface area contributed by atoms with Crippen molar-refractivity contribution in [2.45, 2.75) is 41.0 Å². The molecule has 0 radical (unpaired) electrons. The summed E-state index contributed by atoms with van der Waals surface area (Å²) in [7, 11) is -8.87. The van der Waals surface area contributed by atoms with Gasteiger partial charge in [-0.25, -0.2) is 0 Å². The molecule has 0 saturated heterocycles. The van der Waals surface area contributed by atoms with Crippen LogP contribution in [0.25, 0.3) is 0 Å². The molecule has 1 N–H and O–H groups in total. The van der Waals surface area contributed by atoms with Crippen LogP contribution in [0.3, 0.4) is 0 Å². The Kier molecular flexibility index (Phi) is 6.04. The molecular weight excluding hydrogens is 433 g/mol. The fraction of sp³-hybridized carbons (Fsp3) is 0.182.